The number of likely N-dealkylation sites (tertiary alicyclic amines) is 1. The van der Waals surface area contributed by atoms with Crippen molar-refractivity contribution in [1.82, 2.24) is 14.9 Å². The van der Waals surface area contributed by atoms with Crippen LogP contribution >= 0.6 is 0 Å². The van der Waals surface area contributed by atoms with Crippen molar-refractivity contribution >= 4 is 18.0 Å². The molecule has 0 aromatic carbocycles. The minimum atomic E-state index is -0.532. The van der Waals surface area contributed by atoms with Gasteiger partial charge in [0.15, 0.2) is 5.82 Å². The number of carbonyl (C=O) groups is 2. The van der Waals surface area contributed by atoms with Crippen LogP contribution in [0.4, 0.5) is 4.39 Å². The Hall–Kier alpha value is -2.64. The lowest BCUT2D eigenvalue weighted by molar-refractivity contribution is -0.134. The van der Waals surface area contributed by atoms with Crippen LogP contribution in [0.2, 0.25) is 0 Å². The molecule has 0 aliphatic carbocycles. The zero-order valence-corrected chi connectivity index (χ0v) is 12.3. The van der Waals surface area contributed by atoms with Gasteiger partial charge < -0.3 is 9.64 Å². The van der Waals surface area contributed by atoms with Crippen LogP contribution < -0.4 is 4.74 Å². The number of carbonyl (C=O) groups excluding carboxylic acids is 2. The Balaban J connectivity index is 1.60. The Bertz CT molecular complexity index is 643. The van der Waals surface area contributed by atoms with Gasteiger partial charge in [0, 0.05) is 18.8 Å². The fraction of sp³-hybridized carbons (Fsp3) is 0.400. The second-order valence-electron chi connectivity index (χ2n) is 5.35. The number of hydrogen-bond acceptors (Lipinski definition) is 5. The van der Waals surface area contributed by atoms with Crippen molar-refractivity contribution in [3.63, 3.8) is 0 Å². The zero-order valence-electron chi connectivity index (χ0n) is 12.3. The van der Waals surface area contributed by atoms with Gasteiger partial charge in [-0.05, 0) is 12.8 Å². The third kappa shape index (κ3) is 3.77. The van der Waals surface area contributed by atoms with E-state index in [-0.39, 0.29) is 23.9 Å². The van der Waals surface area contributed by atoms with E-state index in [9.17, 15) is 14.0 Å². The molecule has 1 aromatic rings. The second-order valence-corrected chi connectivity index (χ2v) is 5.35. The van der Waals surface area contributed by atoms with Gasteiger partial charge in [-0.1, -0.05) is 6.08 Å². The lowest BCUT2D eigenvalue weighted by atomic mass is 10.0. The number of nitrogens with zero attached hydrogens (tertiary/aromatic N) is 4. The first-order chi connectivity index (χ1) is 11.1. The van der Waals surface area contributed by atoms with Gasteiger partial charge >= 0.3 is 6.01 Å². The number of ether oxygens (including phenoxy) is 1. The van der Waals surface area contributed by atoms with Gasteiger partial charge in [0.05, 0.1) is 24.9 Å². The summed E-state index contributed by atoms with van der Waals surface area (Å²) in [6.45, 7) is 1.01. The number of amides is 2. The molecular weight excluding hydrogens is 303 g/mol. The zero-order chi connectivity index (χ0) is 16.2. The largest absolute Gasteiger partial charge is 0.458 e. The van der Waals surface area contributed by atoms with Crippen molar-refractivity contribution in [2.75, 3.05) is 13.1 Å². The molecule has 2 unspecified atom stereocenters. The monoisotopic (exact) mass is 318 g/mol. The molecule has 2 aliphatic heterocycles. The van der Waals surface area contributed by atoms with Crippen molar-refractivity contribution in [3.8, 4) is 6.01 Å². The van der Waals surface area contributed by atoms with Crippen LogP contribution in [0, 0.1) is 11.7 Å². The smallest absolute Gasteiger partial charge is 0.316 e. The third-order valence-electron chi connectivity index (χ3n) is 3.65. The topological polar surface area (TPSA) is 84.8 Å². The van der Waals surface area contributed by atoms with E-state index in [1.165, 1.54) is 12.3 Å². The predicted octanol–water partition coefficient (Wildman–Crippen LogP) is 0.769. The average Bonchev–Trinajstić information content (AvgIpc) is 2.57. The quantitative estimate of drug-likeness (QED) is 0.822. The molecule has 0 radical (unpaired) electrons. The maximum absolute atomic E-state index is 12.8. The number of halogens is 1. The Kier molecular flexibility index (Phi) is 4.40. The summed E-state index contributed by atoms with van der Waals surface area (Å²) in [6, 6.07) is 0.0930. The highest BCUT2D eigenvalue weighted by atomic mass is 19.1. The van der Waals surface area contributed by atoms with Gasteiger partial charge in [0.2, 0.25) is 5.91 Å². The van der Waals surface area contributed by atoms with E-state index in [0.717, 1.165) is 25.2 Å². The summed E-state index contributed by atoms with van der Waals surface area (Å²) in [4.78, 5) is 36.3. The molecule has 2 amide bonds. The molecule has 1 fully saturated rings. The number of rotatable bonds is 3. The number of aliphatic imine (C=N–C) groups is 1. The highest BCUT2D eigenvalue weighted by molar-refractivity contribution is 6.05. The Morgan fingerprint density at radius 2 is 2.13 bits per heavy atom. The summed E-state index contributed by atoms with van der Waals surface area (Å²) in [5.74, 6) is -1.53. The van der Waals surface area contributed by atoms with Crippen LogP contribution in [0.1, 0.15) is 12.8 Å². The predicted molar refractivity (Wildman–Crippen MR) is 78.3 cm³/mol. The highest BCUT2D eigenvalue weighted by Crippen LogP contribution is 2.18. The van der Waals surface area contributed by atoms with Crippen LogP contribution in [0.25, 0.3) is 0 Å². The standard InChI is InChI=1S/C15H15FN4O3/c16-11-7-18-15(19-8-11)23-12-2-1-5-20(9-12)14(22)10-3-4-13(21)17-6-10/h3-4,6-8,10,12H,1-2,5,9H2. The highest BCUT2D eigenvalue weighted by Gasteiger charge is 2.29. The molecule has 120 valence electrons. The van der Waals surface area contributed by atoms with Gasteiger partial charge in [0.25, 0.3) is 5.91 Å². The van der Waals surface area contributed by atoms with E-state index in [4.69, 9.17) is 4.74 Å². The van der Waals surface area contributed by atoms with Crippen molar-refractivity contribution in [1.29, 1.82) is 0 Å². The van der Waals surface area contributed by atoms with Crippen LogP contribution in [-0.4, -0.2) is 52.1 Å². The molecule has 2 aliphatic rings. The van der Waals surface area contributed by atoms with E-state index < -0.39 is 11.7 Å². The van der Waals surface area contributed by atoms with Crippen molar-refractivity contribution < 1.29 is 18.7 Å². The van der Waals surface area contributed by atoms with Gasteiger partial charge in [-0.2, -0.15) is 0 Å². The normalized spacial score (nSPS) is 23.9. The van der Waals surface area contributed by atoms with Crippen LogP contribution in [0.3, 0.4) is 0 Å². The van der Waals surface area contributed by atoms with Crippen molar-refractivity contribution in [2.24, 2.45) is 10.9 Å². The van der Waals surface area contributed by atoms with Crippen molar-refractivity contribution in [3.05, 3.63) is 30.4 Å². The molecule has 3 rings (SSSR count). The summed E-state index contributed by atoms with van der Waals surface area (Å²) < 4.78 is 18.4. The van der Waals surface area contributed by atoms with Gasteiger partial charge in [-0.3, -0.25) is 9.59 Å². The fourth-order valence-electron chi connectivity index (χ4n) is 2.53. The minimum absolute atomic E-state index is 0.0930. The molecule has 0 saturated carbocycles. The van der Waals surface area contributed by atoms with E-state index in [1.54, 1.807) is 11.0 Å². The summed E-state index contributed by atoms with van der Waals surface area (Å²) in [7, 11) is 0. The Labute approximate surface area is 131 Å². The lowest BCUT2D eigenvalue weighted by Crippen LogP contribution is -2.47. The first-order valence-electron chi connectivity index (χ1n) is 7.31. The molecule has 0 spiro atoms. The van der Waals surface area contributed by atoms with E-state index in [2.05, 4.69) is 15.0 Å². The maximum atomic E-state index is 12.8. The van der Waals surface area contributed by atoms with Gasteiger partial charge in [-0.25, -0.2) is 19.4 Å². The van der Waals surface area contributed by atoms with E-state index in [1.807, 2.05) is 0 Å². The maximum Gasteiger partial charge on any atom is 0.316 e. The Morgan fingerprint density at radius 1 is 1.35 bits per heavy atom. The SMILES string of the molecule is O=C1C=CC(C(=O)N2CCCC(Oc3ncc(F)cn3)C2)C=N1. The molecule has 2 atom stereocenters. The molecule has 3 heterocycles. The molecule has 23 heavy (non-hydrogen) atoms. The lowest BCUT2D eigenvalue weighted by Gasteiger charge is -2.33. The molecule has 8 heteroatoms. The number of aromatic nitrogens is 2. The number of hydrogen-bond donors (Lipinski definition) is 0. The number of piperidine rings is 1. The Morgan fingerprint density at radius 3 is 2.83 bits per heavy atom. The summed E-state index contributed by atoms with van der Waals surface area (Å²) in [6.07, 6.45) is 7.57. The summed E-state index contributed by atoms with van der Waals surface area (Å²) >= 11 is 0. The molecule has 0 bridgehead atoms. The van der Waals surface area contributed by atoms with Crippen LogP contribution in [0.15, 0.2) is 29.5 Å². The molecule has 1 aromatic heterocycles. The summed E-state index contributed by atoms with van der Waals surface area (Å²) in [5.41, 5.74) is 0. The number of dihydropyridines is 1. The van der Waals surface area contributed by atoms with Gasteiger partial charge in [-0.15, -0.1) is 0 Å². The van der Waals surface area contributed by atoms with E-state index >= 15 is 0 Å². The fourth-order valence-corrected chi connectivity index (χ4v) is 2.53. The second kappa shape index (κ2) is 6.64. The van der Waals surface area contributed by atoms with Crippen molar-refractivity contribution in [2.45, 2.75) is 18.9 Å². The average molecular weight is 318 g/mol. The minimum Gasteiger partial charge on any atom is -0.458 e. The van der Waals surface area contributed by atoms with Crippen LogP contribution in [-0.2, 0) is 9.59 Å². The van der Waals surface area contributed by atoms with E-state index in [0.29, 0.717) is 13.1 Å². The van der Waals surface area contributed by atoms with Crippen LogP contribution in [0.5, 0.6) is 6.01 Å². The first kappa shape index (κ1) is 15.3. The molecular formula is C15H15FN4O3. The first-order valence-corrected chi connectivity index (χ1v) is 7.31. The van der Waals surface area contributed by atoms with Gasteiger partial charge in [0.1, 0.15) is 6.10 Å². The molecule has 7 nitrogen and oxygen atoms in total. The molecule has 0 N–H and O–H groups in total. The third-order valence-corrected chi connectivity index (χ3v) is 3.65. The summed E-state index contributed by atoms with van der Waals surface area (Å²) in [5, 5.41) is 0. The molecule has 1 saturated heterocycles.